The predicted molar refractivity (Wildman–Crippen MR) is 114 cm³/mol. The lowest BCUT2D eigenvalue weighted by molar-refractivity contribution is -0.116. The van der Waals surface area contributed by atoms with Gasteiger partial charge in [0, 0.05) is 42.7 Å². The lowest BCUT2D eigenvalue weighted by Gasteiger charge is -2.19. The van der Waals surface area contributed by atoms with Crippen LogP contribution >= 0.6 is 0 Å². The molecule has 0 unspecified atom stereocenters. The Bertz CT molecular complexity index is 1080. The van der Waals surface area contributed by atoms with Gasteiger partial charge in [0.25, 0.3) is 0 Å². The van der Waals surface area contributed by atoms with Crippen molar-refractivity contribution in [3.63, 3.8) is 0 Å². The van der Waals surface area contributed by atoms with Crippen LogP contribution in [-0.2, 0) is 11.2 Å². The fraction of sp³-hybridized carbons (Fsp3) is 0.136. The normalized spacial score (nSPS) is 12.4. The van der Waals surface area contributed by atoms with Gasteiger partial charge in [-0.1, -0.05) is 12.1 Å². The van der Waals surface area contributed by atoms with E-state index < -0.39 is 5.91 Å². The Kier molecular flexibility index (Phi) is 4.87. The quantitative estimate of drug-likeness (QED) is 0.621. The van der Waals surface area contributed by atoms with Crippen molar-refractivity contribution < 1.29 is 9.59 Å². The molecule has 1 aliphatic heterocycles. The number of benzene rings is 2. The molecular formula is C22H21N5O2. The Labute approximate surface area is 168 Å². The van der Waals surface area contributed by atoms with Crippen molar-refractivity contribution in [3.8, 4) is 0 Å². The number of aromatic nitrogens is 1. The number of carbonyl (C=O) groups excluding carboxylic acids is 2. The molecule has 0 spiro atoms. The molecule has 0 bridgehead atoms. The second kappa shape index (κ2) is 7.63. The molecular weight excluding hydrogens is 366 g/mol. The first kappa shape index (κ1) is 18.5. The van der Waals surface area contributed by atoms with E-state index in [-0.39, 0.29) is 5.91 Å². The van der Waals surface area contributed by atoms with Crippen LogP contribution in [-0.4, -0.2) is 23.3 Å². The second-order valence-electron chi connectivity index (χ2n) is 6.86. The molecule has 0 aliphatic carbocycles. The maximum atomic E-state index is 12.0. The molecule has 2 amide bonds. The molecule has 7 nitrogen and oxygen atoms in total. The predicted octanol–water partition coefficient (Wildman–Crippen LogP) is 3.58. The van der Waals surface area contributed by atoms with Crippen LogP contribution < -0.4 is 21.3 Å². The van der Waals surface area contributed by atoms with E-state index in [2.05, 4.69) is 21.7 Å². The van der Waals surface area contributed by atoms with Gasteiger partial charge in [-0.15, -0.1) is 0 Å². The van der Waals surface area contributed by atoms with Gasteiger partial charge < -0.3 is 21.3 Å². The van der Waals surface area contributed by atoms with Gasteiger partial charge in [0.1, 0.15) is 5.82 Å². The van der Waals surface area contributed by atoms with Crippen molar-refractivity contribution in [1.29, 1.82) is 0 Å². The van der Waals surface area contributed by atoms with Crippen LogP contribution in [0.5, 0.6) is 0 Å². The molecule has 4 rings (SSSR count). The van der Waals surface area contributed by atoms with Crippen LogP contribution in [0.15, 0.2) is 60.8 Å². The van der Waals surface area contributed by atoms with E-state index >= 15 is 0 Å². The lowest BCUT2D eigenvalue weighted by atomic mass is 10.1. The Hall–Kier alpha value is -3.87. The minimum atomic E-state index is -0.462. The van der Waals surface area contributed by atoms with Gasteiger partial charge >= 0.3 is 0 Å². The van der Waals surface area contributed by atoms with Crippen molar-refractivity contribution in [1.82, 2.24) is 4.98 Å². The van der Waals surface area contributed by atoms with Crippen LogP contribution in [0.3, 0.4) is 0 Å². The largest absolute Gasteiger partial charge is 0.366 e. The molecule has 1 aromatic heterocycles. The average molecular weight is 387 g/mol. The Balaban J connectivity index is 1.55. The standard InChI is InChI=1S/C22H21N5O2/c1-14(28)27-12-10-15-3-2-4-19(21(15)27)25-18-9-11-24-20(13-18)26-17-7-5-16(6-8-17)22(23)29/h2-9,11,13H,10,12H2,1H3,(H2,23,29)(H2,24,25,26). The summed E-state index contributed by atoms with van der Waals surface area (Å²) < 4.78 is 0. The Morgan fingerprint density at radius 3 is 2.55 bits per heavy atom. The van der Waals surface area contributed by atoms with Crippen molar-refractivity contribution in [3.05, 3.63) is 71.9 Å². The number of pyridine rings is 1. The van der Waals surface area contributed by atoms with E-state index in [9.17, 15) is 9.59 Å². The zero-order chi connectivity index (χ0) is 20.4. The molecule has 0 saturated heterocycles. The molecule has 7 heteroatoms. The van der Waals surface area contributed by atoms with Crippen LogP contribution in [0.25, 0.3) is 0 Å². The molecule has 29 heavy (non-hydrogen) atoms. The highest BCUT2D eigenvalue weighted by molar-refractivity contribution is 5.98. The monoisotopic (exact) mass is 387 g/mol. The fourth-order valence-corrected chi connectivity index (χ4v) is 3.47. The second-order valence-corrected chi connectivity index (χ2v) is 6.86. The number of nitrogens with one attached hydrogen (secondary N) is 2. The summed E-state index contributed by atoms with van der Waals surface area (Å²) >= 11 is 0. The van der Waals surface area contributed by atoms with Crippen molar-refractivity contribution >= 4 is 40.4 Å². The van der Waals surface area contributed by atoms with Gasteiger partial charge in [0.05, 0.1) is 11.4 Å². The summed E-state index contributed by atoms with van der Waals surface area (Å²) in [4.78, 5) is 29.3. The first-order valence-corrected chi connectivity index (χ1v) is 9.31. The van der Waals surface area contributed by atoms with Crippen LogP contribution in [0.1, 0.15) is 22.8 Å². The number of anilines is 5. The molecule has 2 heterocycles. The maximum Gasteiger partial charge on any atom is 0.248 e. The highest BCUT2D eigenvalue weighted by Crippen LogP contribution is 2.37. The summed E-state index contributed by atoms with van der Waals surface area (Å²) in [5.74, 6) is 0.225. The van der Waals surface area contributed by atoms with E-state index in [1.54, 1.807) is 42.3 Å². The van der Waals surface area contributed by atoms with Crippen molar-refractivity contribution in [2.45, 2.75) is 13.3 Å². The third-order valence-corrected chi connectivity index (χ3v) is 4.86. The Morgan fingerprint density at radius 2 is 1.83 bits per heavy atom. The van der Waals surface area contributed by atoms with E-state index in [1.807, 2.05) is 24.3 Å². The van der Waals surface area contributed by atoms with Crippen LogP contribution in [0.4, 0.5) is 28.6 Å². The number of hydrogen-bond acceptors (Lipinski definition) is 5. The minimum Gasteiger partial charge on any atom is -0.366 e. The van der Waals surface area contributed by atoms with E-state index in [4.69, 9.17) is 5.73 Å². The average Bonchev–Trinajstić information content (AvgIpc) is 3.14. The number of primary amides is 1. The molecule has 0 saturated carbocycles. The zero-order valence-electron chi connectivity index (χ0n) is 16.0. The summed E-state index contributed by atoms with van der Waals surface area (Å²) in [7, 11) is 0. The summed E-state index contributed by atoms with van der Waals surface area (Å²) in [6.07, 6.45) is 2.56. The highest BCUT2D eigenvalue weighted by Gasteiger charge is 2.25. The molecule has 2 aromatic carbocycles. The number of para-hydroxylation sites is 1. The molecule has 146 valence electrons. The molecule has 0 fully saturated rings. The summed E-state index contributed by atoms with van der Waals surface area (Å²) in [6, 6.07) is 16.6. The highest BCUT2D eigenvalue weighted by atomic mass is 16.2. The third-order valence-electron chi connectivity index (χ3n) is 4.86. The molecule has 3 aromatic rings. The van der Waals surface area contributed by atoms with Crippen molar-refractivity contribution in [2.75, 3.05) is 22.1 Å². The first-order chi connectivity index (χ1) is 14.0. The first-order valence-electron chi connectivity index (χ1n) is 9.31. The lowest BCUT2D eigenvalue weighted by Crippen LogP contribution is -2.26. The topological polar surface area (TPSA) is 100 Å². The van der Waals surface area contributed by atoms with Crippen molar-refractivity contribution in [2.24, 2.45) is 5.73 Å². The fourth-order valence-electron chi connectivity index (χ4n) is 3.47. The summed E-state index contributed by atoms with van der Waals surface area (Å²) in [6.45, 7) is 2.29. The molecule has 0 radical (unpaired) electrons. The molecule has 0 atom stereocenters. The Morgan fingerprint density at radius 1 is 1.03 bits per heavy atom. The van der Waals surface area contributed by atoms with E-state index in [0.29, 0.717) is 17.9 Å². The SMILES string of the molecule is CC(=O)N1CCc2cccc(Nc3ccnc(Nc4ccc(C(N)=O)cc4)c3)c21. The number of rotatable bonds is 5. The third kappa shape index (κ3) is 3.89. The zero-order valence-corrected chi connectivity index (χ0v) is 16.0. The number of amides is 2. The van der Waals surface area contributed by atoms with Gasteiger partial charge in [-0.25, -0.2) is 4.98 Å². The summed E-state index contributed by atoms with van der Waals surface area (Å²) in [5, 5.41) is 6.61. The number of carbonyl (C=O) groups is 2. The molecule has 1 aliphatic rings. The number of hydrogen-bond donors (Lipinski definition) is 3. The number of nitrogens with zero attached hydrogens (tertiary/aromatic N) is 2. The van der Waals surface area contributed by atoms with Gasteiger partial charge in [0.2, 0.25) is 11.8 Å². The van der Waals surface area contributed by atoms with E-state index in [1.165, 1.54) is 0 Å². The number of nitrogens with two attached hydrogens (primary N) is 1. The maximum absolute atomic E-state index is 12.0. The van der Waals surface area contributed by atoms with E-state index in [0.717, 1.165) is 34.7 Å². The van der Waals surface area contributed by atoms with Crippen LogP contribution in [0, 0.1) is 0 Å². The smallest absolute Gasteiger partial charge is 0.248 e. The van der Waals surface area contributed by atoms with Gasteiger partial charge in [-0.2, -0.15) is 0 Å². The van der Waals surface area contributed by atoms with Gasteiger partial charge in [0.15, 0.2) is 0 Å². The minimum absolute atomic E-state index is 0.0366. The molecule has 4 N–H and O–H groups in total. The number of fused-ring (bicyclic) bond motifs is 1. The van der Waals surface area contributed by atoms with Gasteiger partial charge in [-0.05, 0) is 48.4 Å². The van der Waals surface area contributed by atoms with Gasteiger partial charge in [-0.3, -0.25) is 9.59 Å². The summed E-state index contributed by atoms with van der Waals surface area (Å²) in [5.41, 5.74) is 10.3. The van der Waals surface area contributed by atoms with Crippen LogP contribution in [0.2, 0.25) is 0 Å².